The number of cyclic esters (lactones) is 1. The van der Waals surface area contributed by atoms with Crippen LogP contribution >= 0.6 is 0 Å². The number of benzene rings is 1. The van der Waals surface area contributed by atoms with Crippen LogP contribution in [0.4, 0.5) is 4.79 Å². The third-order valence-electron chi connectivity index (χ3n) is 4.72. The van der Waals surface area contributed by atoms with E-state index < -0.39 is 16.1 Å². The molecule has 2 saturated heterocycles. The smallest absolute Gasteiger partial charge is 0.417 e. The van der Waals surface area contributed by atoms with Crippen LogP contribution in [0, 0.1) is 0 Å². The van der Waals surface area contributed by atoms with Gasteiger partial charge in [0.1, 0.15) is 13.2 Å². The van der Waals surface area contributed by atoms with Gasteiger partial charge in [-0.05, 0) is 25.0 Å². The van der Waals surface area contributed by atoms with Crippen molar-refractivity contribution in [1.82, 2.24) is 9.21 Å². The Kier molecular flexibility index (Phi) is 4.23. The summed E-state index contributed by atoms with van der Waals surface area (Å²) in [5, 5.41) is 0. The van der Waals surface area contributed by atoms with Crippen LogP contribution < -0.4 is 9.47 Å². The number of rotatable bonds is 3. The zero-order chi connectivity index (χ0) is 18.3. The summed E-state index contributed by atoms with van der Waals surface area (Å²) in [7, 11) is -3.69. The molecule has 0 unspecified atom stereocenters. The second-order valence-corrected chi connectivity index (χ2v) is 8.20. The number of hydrogen-bond acceptors (Lipinski definition) is 7. The van der Waals surface area contributed by atoms with Crippen LogP contribution in [-0.2, 0) is 19.6 Å². The highest BCUT2D eigenvalue weighted by molar-refractivity contribution is 7.89. The molecule has 3 heterocycles. The minimum Gasteiger partial charge on any atom is -0.486 e. The summed E-state index contributed by atoms with van der Waals surface area (Å²) < 4.78 is 42.7. The van der Waals surface area contributed by atoms with Crippen molar-refractivity contribution in [2.45, 2.75) is 23.8 Å². The van der Waals surface area contributed by atoms with E-state index in [4.69, 9.17) is 14.2 Å². The third kappa shape index (κ3) is 2.88. The number of imide groups is 1. The Bertz CT molecular complexity index is 830. The number of piperidine rings is 1. The Balaban J connectivity index is 1.48. The Morgan fingerprint density at radius 1 is 0.962 bits per heavy atom. The summed E-state index contributed by atoms with van der Waals surface area (Å²) in [5.74, 6) is 0.570. The van der Waals surface area contributed by atoms with Crippen LogP contribution in [-0.4, -0.2) is 68.6 Å². The molecule has 10 heteroatoms. The number of fused-ring (bicyclic) bond motifs is 1. The SMILES string of the molecule is O=C1COC(=O)N1C1CCN(S(=O)(=O)c2ccc3c(c2)OCCO3)CC1. The van der Waals surface area contributed by atoms with E-state index in [1.54, 1.807) is 6.07 Å². The first-order valence-corrected chi connectivity index (χ1v) is 9.79. The molecule has 0 radical (unpaired) electrons. The molecule has 0 aliphatic carbocycles. The van der Waals surface area contributed by atoms with E-state index in [1.807, 2.05) is 0 Å². The summed E-state index contributed by atoms with van der Waals surface area (Å²) in [4.78, 5) is 24.6. The molecule has 2 amide bonds. The van der Waals surface area contributed by atoms with Gasteiger partial charge in [0.05, 0.1) is 4.90 Å². The van der Waals surface area contributed by atoms with Crippen molar-refractivity contribution in [3.63, 3.8) is 0 Å². The van der Waals surface area contributed by atoms with Crippen molar-refractivity contribution >= 4 is 22.0 Å². The standard InChI is InChI=1S/C16H18N2O7S/c19-15-10-25-16(20)18(15)11-3-5-17(6-4-11)26(21,22)12-1-2-13-14(9-12)24-8-7-23-13/h1-2,9,11H,3-8,10H2. The molecule has 1 aromatic carbocycles. The maximum Gasteiger partial charge on any atom is 0.417 e. The van der Waals surface area contributed by atoms with Crippen molar-refractivity contribution in [2.75, 3.05) is 32.9 Å². The molecule has 0 saturated carbocycles. The average Bonchev–Trinajstić information content (AvgIpc) is 3.00. The lowest BCUT2D eigenvalue weighted by Crippen LogP contribution is -2.48. The van der Waals surface area contributed by atoms with E-state index in [1.165, 1.54) is 16.4 Å². The molecule has 140 valence electrons. The number of carbonyl (C=O) groups is 2. The van der Waals surface area contributed by atoms with Crippen LogP contribution in [0.2, 0.25) is 0 Å². The number of nitrogens with zero attached hydrogens (tertiary/aromatic N) is 2. The van der Waals surface area contributed by atoms with E-state index in [-0.39, 0.29) is 36.5 Å². The van der Waals surface area contributed by atoms with Crippen molar-refractivity contribution < 1.29 is 32.2 Å². The number of amides is 2. The first-order chi connectivity index (χ1) is 12.5. The molecule has 4 rings (SSSR count). The van der Waals surface area contributed by atoms with Gasteiger partial charge in [0.2, 0.25) is 10.0 Å². The molecule has 3 aliphatic heterocycles. The van der Waals surface area contributed by atoms with Crippen molar-refractivity contribution in [2.24, 2.45) is 0 Å². The highest BCUT2D eigenvalue weighted by Gasteiger charge is 2.40. The molecule has 0 N–H and O–H groups in total. The van der Waals surface area contributed by atoms with Gasteiger partial charge in [0.25, 0.3) is 5.91 Å². The molecule has 0 spiro atoms. The van der Waals surface area contributed by atoms with E-state index in [9.17, 15) is 18.0 Å². The zero-order valence-electron chi connectivity index (χ0n) is 13.9. The van der Waals surface area contributed by atoms with Gasteiger partial charge in [-0.3, -0.25) is 4.79 Å². The summed E-state index contributed by atoms with van der Waals surface area (Å²) in [6.07, 6.45) is 0.109. The van der Waals surface area contributed by atoms with E-state index in [0.29, 0.717) is 37.6 Å². The van der Waals surface area contributed by atoms with Crippen LogP contribution in [0.3, 0.4) is 0 Å². The highest BCUT2D eigenvalue weighted by Crippen LogP contribution is 2.34. The van der Waals surface area contributed by atoms with Gasteiger partial charge in [0, 0.05) is 25.2 Å². The van der Waals surface area contributed by atoms with Gasteiger partial charge < -0.3 is 14.2 Å². The first-order valence-electron chi connectivity index (χ1n) is 8.35. The molecular weight excluding hydrogens is 364 g/mol. The first kappa shape index (κ1) is 17.1. The Hall–Kier alpha value is -2.33. The molecule has 0 aromatic heterocycles. The molecular formula is C16H18N2O7S. The van der Waals surface area contributed by atoms with Gasteiger partial charge in [-0.15, -0.1) is 0 Å². The maximum absolute atomic E-state index is 12.9. The Morgan fingerprint density at radius 3 is 2.31 bits per heavy atom. The van der Waals surface area contributed by atoms with Crippen molar-refractivity contribution in [1.29, 1.82) is 0 Å². The van der Waals surface area contributed by atoms with E-state index in [0.717, 1.165) is 4.90 Å². The Morgan fingerprint density at radius 2 is 1.65 bits per heavy atom. The minimum atomic E-state index is -3.69. The molecule has 0 atom stereocenters. The fourth-order valence-corrected chi connectivity index (χ4v) is 4.88. The minimum absolute atomic E-state index is 0.136. The van der Waals surface area contributed by atoms with Crippen molar-refractivity contribution in [3.05, 3.63) is 18.2 Å². The van der Waals surface area contributed by atoms with Crippen molar-refractivity contribution in [3.8, 4) is 11.5 Å². The van der Waals surface area contributed by atoms with Crippen LogP contribution in [0.15, 0.2) is 23.1 Å². The maximum atomic E-state index is 12.9. The lowest BCUT2D eigenvalue weighted by atomic mass is 10.1. The van der Waals surface area contributed by atoms with Gasteiger partial charge >= 0.3 is 6.09 Å². The number of carbonyl (C=O) groups excluding carboxylic acids is 2. The second-order valence-electron chi connectivity index (χ2n) is 6.26. The monoisotopic (exact) mass is 382 g/mol. The molecule has 9 nitrogen and oxygen atoms in total. The number of ether oxygens (including phenoxy) is 3. The largest absolute Gasteiger partial charge is 0.486 e. The fraction of sp³-hybridized carbons (Fsp3) is 0.500. The van der Waals surface area contributed by atoms with Crippen LogP contribution in [0.1, 0.15) is 12.8 Å². The quantitative estimate of drug-likeness (QED) is 0.754. The van der Waals surface area contributed by atoms with Gasteiger partial charge in [-0.1, -0.05) is 0 Å². The number of sulfonamides is 1. The fourth-order valence-electron chi connectivity index (χ4n) is 3.39. The van der Waals surface area contributed by atoms with E-state index >= 15 is 0 Å². The summed E-state index contributed by atoms with van der Waals surface area (Å²) >= 11 is 0. The molecule has 0 bridgehead atoms. The average molecular weight is 382 g/mol. The van der Waals surface area contributed by atoms with E-state index in [2.05, 4.69) is 0 Å². The highest BCUT2D eigenvalue weighted by atomic mass is 32.2. The number of hydrogen-bond donors (Lipinski definition) is 0. The normalized spacial score (nSPS) is 21.8. The lowest BCUT2D eigenvalue weighted by molar-refractivity contribution is -0.127. The molecule has 2 fully saturated rings. The predicted octanol–water partition coefficient (Wildman–Crippen LogP) is 0.590. The lowest BCUT2D eigenvalue weighted by Gasteiger charge is -2.34. The summed E-state index contributed by atoms with van der Waals surface area (Å²) in [5.41, 5.74) is 0. The summed E-state index contributed by atoms with van der Waals surface area (Å²) in [6.45, 7) is 1.01. The third-order valence-corrected chi connectivity index (χ3v) is 6.62. The van der Waals surface area contributed by atoms with Gasteiger partial charge in [-0.2, -0.15) is 4.31 Å². The molecule has 1 aromatic rings. The molecule has 26 heavy (non-hydrogen) atoms. The van der Waals surface area contributed by atoms with Crippen LogP contribution in [0.5, 0.6) is 11.5 Å². The van der Waals surface area contributed by atoms with Crippen LogP contribution in [0.25, 0.3) is 0 Å². The Labute approximate surface area is 150 Å². The van der Waals surface area contributed by atoms with Gasteiger partial charge in [0.15, 0.2) is 18.1 Å². The topological polar surface area (TPSA) is 102 Å². The zero-order valence-corrected chi connectivity index (χ0v) is 14.7. The predicted molar refractivity (Wildman–Crippen MR) is 87.4 cm³/mol. The second kappa shape index (κ2) is 6.44. The molecule has 3 aliphatic rings. The van der Waals surface area contributed by atoms with Gasteiger partial charge in [-0.25, -0.2) is 18.1 Å². The summed E-state index contributed by atoms with van der Waals surface area (Å²) in [6, 6.07) is 4.23.